The number of hydrogen-bond donors (Lipinski definition) is 0. The fourth-order valence-electron chi connectivity index (χ4n) is 1.58. The highest BCUT2D eigenvalue weighted by Crippen LogP contribution is 2.17. The van der Waals surface area contributed by atoms with Crippen molar-refractivity contribution in [2.24, 2.45) is 0 Å². The summed E-state index contributed by atoms with van der Waals surface area (Å²) in [6.07, 6.45) is 0. The molecule has 0 bridgehead atoms. The van der Waals surface area contributed by atoms with Gasteiger partial charge in [-0.1, -0.05) is 6.07 Å². The summed E-state index contributed by atoms with van der Waals surface area (Å²) in [6, 6.07) is 3.58. The molecule has 4 heteroatoms. The van der Waals surface area contributed by atoms with Crippen LogP contribution in [0.3, 0.4) is 0 Å². The molecule has 1 rings (SSSR count). The topological polar surface area (TPSA) is 42.4 Å². The molecule has 16 heavy (non-hydrogen) atoms. The Morgan fingerprint density at radius 3 is 2.50 bits per heavy atom. The highest BCUT2D eigenvalue weighted by atomic mass is 16.5. The van der Waals surface area contributed by atoms with E-state index in [1.807, 2.05) is 13.0 Å². The van der Waals surface area contributed by atoms with E-state index in [0.29, 0.717) is 5.69 Å². The lowest BCUT2D eigenvalue weighted by molar-refractivity contribution is 0.0594. The Bertz CT molecular complexity index is 373. The molecule has 0 N–H and O–H groups in total. The van der Waals surface area contributed by atoms with E-state index >= 15 is 0 Å². The van der Waals surface area contributed by atoms with Gasteiger partial charge >= 0.3 is 5.97 Å². The highest BCUT2D eigenvalue weighted by Gasteiger charge is 2.12. The van der Waals surface area contributed by atoms with Gasteiger partial charge in [-0.2, -0.15) is 0 Å². The van der Waals surface area contributed by atoms with Crippen LogP contribution in [0.5, 0.6) is 0 Å². The molecule has 0 aliphatic rings. The number of hydrogen-bond acceptors (Lipinski definition) is 4. The summed E-state index contributed by atoms with van der Waals surface area (Å²) in [5.41, 5.74) is 1.42. The highest BCUT2D eigenvalue weighted by molar-refractivity contribution is 5.87. The van der Waals surface area contributed by atoms with E-state index < -0.39 is 5.97 Å². The lowest BCUT2D eigenvalue weighted by Gasteiger charge is -2.22. The second-order valence-electron chi connectivity index (χ2n) is 3.50. The Labute approximate surface area is 96.2 Å². The van der Waals surface area contributed by atoms with Gasteiger partial charge in [-0.3, -0.25) is 0 Å². The van der Waals surface area contributed by atoms with E-state index in [0.717, 1.165) is 24.5 Å². The summed E-state index contributed by atoms with van der Waals surface area (Å²) < 4.78 is 4.66. The molecule has 0 saturated carbocycles. The Hall–Kier alpha value is -1.58. The van der Waals surface area contributed by atoms with Gasteiger partial charge in [0, 0.05) is 13.1 Å². The molecular formula is C12H18N2O2. The van der Waals surface area contributed by atoms with E-state index in [-0.39, 0.29) is 0 Å². The second kappa shape index (κ2) is 5.49. The number of carbonyl (C=O) groups excluding carboxylic acids is 1. The minimum absolute atomic E-state index is 0.356. The first-order valence-electron chi connectivity index (χ1n) is 5.44. The van der Waals surface area contributed by atoms with E-state index in [9.17, 15) is 4.79 Å². The van der Waals surface area contributed by atoms with Crippen LogP contribution in [-0.4, -0.2) is 31.2 Å². The summed E-state index contributed by atoms with van der Waals surface area (Å²) in [5, 5.41) is 0. The molecule has 0 aliphatic carbocycles. The van der Waals surface area contributed by atoms with Crippen LogP contribution in [0.1, 0.15) is 29.9 Å². The van der Waals surface area contributed by atoms with Crippen molar-refractivity contribution in [1.82, 2.24) is 4.98 Å². The normalized spacial score (nSPS) is 10.0. The van der Waals surface area contributed by atoms with Crippen LogP contribution in [0, 0.1) is 6.92 Å². The number of pyridine rings is 1. The summed E-state index contributed by atoms with van der Waals surface area (Å²) >= 11 is 0. The third kappa shape index (κ3) is 2.51. The number of anilines is 1. The third-order valence-electron chi connectivity index (χ3n) is 2.53. The molecule has 0 spiro atoms. The molecule has 0 saturated heterocycles. The van der Waals surface area contributed by atoms with E-state index in [2.05, 4.69) is 28.5 Å². The summed E-state index contributed by atoms with van der Waals surface area (Å²) in [6.45, 7) is 7.86. The number of aromatic nitrogens is 1. The maximum absolute atomic E-state index is 11.4. The maximum atomic E-state index is 11.4. The number of esters is 1. The first kappa shape index (κ1) is 12.5. The van der Waals surface area contributed by atoms with Gasteiger partial charge in [-0.05, 0) is 32.4 Å². The molecule has 0 unspecified atom stereocenters. The van der Waals surface area contributed by atoms with Crippen molar-refractivity contribution in [3.05, 3.63) is 23.4 Å². The molecule has 1 heterocycles. The van der Waals surface area contributed by atoms with E-state index in [1.54, 1.807) is 6.07 Å². The van der Waals surface area contributed by atoms with Crippen molar-refractivity contribution in [3.8, 4) is 0 Å². The molecule has 1 aromatic heterocycles. The smallest absolute Gasteiger partial charge is 0.356 e. The molecule has 0 aromatic carbocycles. The van der Waals surface area contributed by atoms with Crippen LogP contribution < -0.4 is 4.90 Å². The van der Waals surface area contributed by atoms with Crippen LogP contribution in [0.4, 0.5) is 5.82 Å². The Balaban J connectivity index is 3.12. The summed E-state index contributed by atoms with van der Waals surface area (Å²) in [4.78, 5) is 17.8. The van der Waals surface area contributed by atoms with Crippen LogP contribution in [0.2, 0.25) is 0 Å². The van der Waals surface area contributed by atoms with Gasteiger partial charge in [0.15, 0.2) is 5.69 Å². The quantitative estimate of drug-likeness (QED) is 0.731. The third-order valence-corrected chi connectivity index (χ3v) is 2.53. The standard InChI is InChI=1S/C12H18N2O2/c1-5-14(6-2)11-9(3)7-8-10(13-11)12(15)16-4/h7-8H,5-6H2,1-4H3. The van der Waals surface area contributed by atoms with Gasteiger partial charge in [0.2, 0.25) is 0 Å². The Morgan fingerprint density at radius 2 is 2.00 bits per heavy atom. The number of methoxy groups -OCH3 is 1. The predicted octanol–water partition coefficient (Wildman–Crippen LogP) is 2.02. The molecule has 0 aliphatic heterocycles. The van der Waals surface area contributed by atoms with Gasteiger partial charge in [0.25, 0.3) is 0 Å². The van der Waals surface area contributed by atoms with Gasteiger partial charge in [-0.25, -0.2) is 9.78 Å². The zero-order valence-electron chi connectivity index (χ0n) is 10.3. The Morgan fingerprint density at radius 1 is 1.38 bits per heavy atom. The van der Waals surface area contributed by atoms with Crippen molar-refractivity contribution < 1.29 is 9.53 Å². The predicted molar refractivity (Wildman–Crippen MR) is 63.9 cm³/mol. The number of aryl methyl sites for hydroxylation is 1. The summed E-state index contributed by atoms with van der Waals surface area (Å²) in [5.74, 6) is 0.460. The lowest BCUT2D eigenvalue weighted by atomic mass is 10.2. The van der Waals surface area contributed by atoms with Gasteiger partial charge in [-0.15, -0.1) is 0 Å². The second-order valence-corrected chi connectivity index (χ2v) is 3.50. The van der Waals surface area contributed by atoms with Gasteiger partial charge < -0.3 is 9.64 Å². The first-order chi connectivity index (χ1) is 7.63. The van der Waals surface area contributed by atoms with Crippen LogP contribution in [0.25, 0.3) is 0 Å². The van der Waals surface area contributed by atoms with Crippen LogP contribution in [-0.2, 0) is 4.74 Å². The fraction of sp³-hybridized carbons (Fsp3) is 0.500. The average Bonchev–Trinajstić information content (AvgIpc) is 2.32. The fourth-order valence-corrected chi connectivity index (χ4v) is 1.58. The van der Waals surface area contributed by atoms with Crippen molar-refractivity contribution in [2.45, 2.75) is 20.8 Å². The molecule has 0 amide bonds. The molecule has 4 nitrogen and oxygen atoms in total. The zero-order valence-corrected chi connectivity index (χ0v) is 10.3. The first-order valence-corrected chi connectivity index (χ1v) is 5.44. The largest absolute Gasteiger partial charge is 0.464 e. The number of nitrogens with zero attached hydrogens (tertiary/aromatic N) is 2. The molecule has 0 radical (unpaired) electrons. The van der Waals surface area contributed by atoms with Crippen molar-refractivity contribution in [2.75, 3.05) is 25.1 Å². The number of rotatable bonds is 4. The van der Waals surface area contributed by atoms with Crippen molar-refractivity contribution in [1.29, 1.82) is 0 Å². The van der Waals surface area contributed by atoms with Crippen molar-refractivity contribution >= 4 is 11.8 Å². The van der Waals surface area contributed by atoms with Gasteiger partial charge in [0.1, 0.15) is 5.82 Å². The lowest BCUT2D eigenvalue weighted by Crippen LogP contribution is -2.24. The maximum Gasteiger partial charge on any atom is 0.356 e. The van der Waals surface area contributed by atoms with Crippen LogP contribution >= 0.6 is 0 Å². The number of carbonyl (C=O) groups is 1. The minimum Gasteiger partial charge on any atom is -0.464 e. The molecular weight excluding hydrogens is 204 g/mol. The Kier molecular flexibility index (Phi) is 4.28. The minimum atomic E-state index is -0.395. The van der Waals surface area contributed by atoms with E-state index in [1.165, 1.54) is 7.11 Å². The molecule has 0 atom stereocenters. The van der Waals surface area contributed by atoms with Crippen LogP contribution in [0.15, 0.2) is 12.1 Å². The average molecular weight is 222 g/mol. The summed E-state index contributed by atoms with van der Waals surface area (Å²) in [7, 11) is 1.36. The van der Waals surface area contributed by atoms with Gasteiger partial charge in [0.05, 0.1) is 7.11 Å². The SMILES string of the molecule is CCN(CC)c1nc(C(=O)OC)ccc1C. The molecule has 0 fully saturated rings. The van der Waals surface area contributed by atoms with Crippen molar-refractivity contribution in [3.63, 3.8) is 0 Å². The molecule has 1 aromatic rings. The zero-order chi connectivity index (χ0) is 12.1. The monoisotopic (exact) mass is 222 g/mol. The van der Waals surface area contributed by atoms with E-state index in [4.69, 9.17) is 0 Å². The molecule has 88 valence electrons. The number of ether oxygens (including phenoxy) is 1.